The summed E-state index contributed by atoms with van der Waals surface area (Å²) >= 11 is 1.57. The molecule has 5 heteroatoms. The Balaban J connectivity index is 1.94. The average molecular weight is 233 g/mol. The van der Waals surface area contributed by atoms with Crippen LogP contribution >= 0.6 is 11.3 Å². The van der Waals surface area contributed by atoms with Gasteiger partial charge in [-0.25, -0.2) is 4.98 Å². The van der Waals surface area contributed by atoms with E-state index in [0.29, 0.717) is 5.69 Å². The van der Waals surface area contributed by atoms with Crippen molar-refractivity contribution in [2.75, 3.05) is 0 Å². The van der Waals surface area contributed by atoms with Gasteiger partial charge in [0.1, 0.15) is 0 Å². The lowest BCUT2D eigenvalue weighted by Gasteiger charge is -1.96. The second kappa shape index (κ2) is 5.37. The molecule has 0 bridgehead atoms. The quantitative estimate of drug-likeness (QED) is 0.500. The topological polar surface area (TPSA) is 58.4 Å². The third kappa shape index (κ3) is 2.87. The largest absolute Gasteiger partial charge is 0.411 e. The maximum atomic E-state index is 8.36. The van der Waals surface area contributed by atoms with E-state index in [1.54, 1.807) is 17.5 Å². The maximum absolute atomic E-state index is 8.36. The number of aromatic nitrogens is 2. The van der Waals surface area contributed by atoms with Gasteiger partial charge in [0.15, 0.2) is 0 Å². The average Bonchev–Trinajstić information content (AvgIpc) is 2.76. The van der Waals surface area contributed by atoms with Crippen LogP contribution in [0.15, 0.2) is 35.1 Å². The number of pyridine rings is 1. The number of hydrogen-bond donors (Lipinski definition) is 1. The lowest BCUT2D eigenvalue weighted by atomic mass is 10.2. The summed E-state index contributed by atoms with van der Waals surface area (Å²) in [5.74, 6) is 0. The Bertz CT molecular complexity index is 467. The van der Waals surface area contributed by atoms with E-state index < -0.39 is 0 Å². The van der Waals surface area contributed by atoms with E-state index in [9.17, 15) is 0 Å². The van der Waals surface area contributed by atoms with Gasteiger partial charge in [0.05, 0.1) is 16.9 Å². The highest BCUT2D eigenvalue weighted by atomic mass is 32.1. The van der Waals surface area contributed by atoms with Crippen molar-refractivity contribution in [3.63, 3.8) is 0 Å². The predicted molar refractivity (Wildman–Crippen MR) is 63.1 cm³/mol. The van der Waals surface area contributed by atoms with Gasteiger partial charge in [-0.2, -0.15) is 0 Å². The molecule has 82 valence electrons. The molecule has 0 saturated heterocycles. The van der Waals surface area contributed by atoms with Crippen LogP contribution in [0.4, 0.5) is 0 Å². The molecule has 2 heterocycles. The van der Waals surface area contributed by atoms with Crippen molar-refractivity contribution >= 4 is 17.6 Å². The number of hydrogen-bond acceptors (Lipinski definition) is 5. The first kappa shape index (κ1) is 10.8. The zero-order valence-corrected chi connectivity index (χ0v) is 9.39. The summed E-state index contributed by atoms with van der Waals surface area (Å²) in [7, 11) is 0. The first-order valence-corrected chi connectivity index (χ1v) is 5.77. The molecular weight excluding hydrogens is 222 g/mol. The Kier molecular flexibility index (Phi) is 3.61. The summed E-state index contributed by atoms with van der Waals surface area (Å²) in [4.78, 5) is 8.36. The molecule has 2 rings (SSSR count). The molecule has 2 aromatic rings. The van der Waals surface area contributed by atoms with Crippen LogP contribution in [-0.2, 0) is 12.8 Å². The molecule has 1 N–H and O–H groups in total. The van der Waals surface area contributed by atoms with Gasteiger partial charge < -0.3 is 5.21 Å². The lowest BCUT2D eigenvalue weighted by Crippen LogP contribution is -1.92. The number of aryl methyl sites for hydroxylation is 2. The van der Waals surface area contributed by atoms with Crippen molar-refractivity contribution in [1.29, 1.82) is 0 Å². The van der Waals surface area contributed by atoms with Crippen molar-refractivity contribution in [3.05, 3.63) is 46.2 Å². The number of rotatable bonds is 4. The Labute approximate surface area is 97.3 Å². The third-order valence-corrected chi connectivity index (χ3v) is 3.04. The monoisotopic (exact) mass is 233 g/mol. The number of thiazole rings is 1. The van der Waals surface area contributed by atoms with Gasteiger partial charge in [-0.1, -0.05) is 11.2 Å². The lowest BCUT2D eigenvalue weighted by molar-refractivity contribution is 0.321. The molecule has 4 nitrogen and oxygen atoms in total. The van der Waals surface area contributed by atoms with Crippen LogP contribution in [0.3, 0.4) is 0 Å². The SMILES string of the molecule is O/N=C/c1csc(CCc2cccnc2)n1. The smallest absolute Gasteiger partial charge is 0.0958 e. The summed E-state index contributed by atoms with van der Waals surface area (Å²) in [6.45, 7) is 0. The maximum Gasteiger partial charge on any atom is 0.0958 e. The fourth-order valence-electron chi connectivity index (χ4n) is 1.36. The van der Waals surface area contributed by atoms with E-state index >= 15 is 0 Å². The van der Waals surface area contributed by atoms with E-state index in [-0.39, 0.29) is 0 Å². The van der Waals surface area contributed by atoms with E-state index in [1.165, 1.54) is 11.8 Å². The molecular formula is C11H11N3OS. The number of oxime groups is 1. The zero-order chi connectivity index (χ0) is 11.2. The first-order chi connectivity index (χ1) is 7.88. The highest BCUT2D eigenvalue weighted by Crippen LogP contribution is 2.11. The fraction of sp³-hybridized carbons (Fsp3) is 0.182. The van der Waals surface area contributed by atoms with Gasteiger partial charge in [-0.3, -0.25) is 4.98 Å². The van der Waals surface area contributed by atoms with Gasteiger partial charge in [-0.15, -0.1) is 11.3 Å². The van der Waals surface area contributed by atoms with Crippen molar-refractivity contribution in [2.45, 2.75) is 12.8 Å². The molecule has 16 heavy (non-hydrogen) atoms. The molecule has 0 saturated carbocycles. The first-order valence-electron chi connectivity index (χ1n) is 4.89. The van der Waals surface area contributed by atoms with Crippen molar-refractivity contribution < 1.29 is 5.21 Å². The van der Waals surface area contributed by atoms with Gasteiger partial charge in [0.2, 0.25) is 0 Å². The van der Waals surface area contributed by atoms with Crippen LogP contribution in [0.1, 0.15) is 16.3 Å². The van der Waals surface area contributed by atoms with E-state index in [1.807, 2.05) is 17.6 Å². The molecule has 2 aromatic heterocycles. The van der Waals surface area contributed by atoms with Crippen LogP contribution in [0.25, 0.3) is 0 Å². The summed E-state index contributed by atoms with van der Waals surface area (Å²) in [5, 5.41) is 14.2. The Morgan fingerprint density at radius 2 is 2.38 bits per heavy atom. The molecule has 0 aromatic carbocycles. The second-order valence-corrected chi connectivity index (χ2v) is 4.21. The van der Waals surface area contributed by atoms with Crippen LogP contribution in [0.2, 0.25) is 0 Å². The van der Waals surface area contributed by atoms with Gasteiger partial charge in [-0.05, 0) is 18.1 Å². The Morgan fingerprint density at radius 1 is 1.44 bits per heavy atom. The molecule has 0 unspecified atom stereocenters. The van der Waals surface area contributed by atoms with E-state index in [4.69, 9.17) is 5.21 Å². The summed E-state index contributed by atoms with van der Waals surface area (Å²) in [6, 6.07) is 3.98. The van der Waals surface area contributed by atoms with Crippen LogP contribution < -0.4 is 0 Å². The van der Waals surface area contributed by atoms with Crippen molar-refractivity contribution in [3.8, 4) is 0 Å². The Morgan fingerprint density at radius 3 is 3.12 bits per heavy atom. The van der Waals surface area contributed by atoms with Crippen LogP contribution in [-0.4, -0.2) is 21.4 Å². The standard InChI is InChI=1S/C11H11N3OS/c15-13-7-10-8-16-11(14-10)4-3-9-2-1-5-12-6-9/h1-2,5-8,15H,3-4H2/b13-7+. The molecule has 0 spiro atoms. The summed E-state index contributed by atoms with van der Waals surface area (Å²) in [6.07, 6.45) is 6.78. The minimum atomic E-state index is 0.702. The summed E-state index contributed by atoms with van der Waals surface area (Å²) < 4.78 is 0. The normalized spacial score (nSPS) is 11.0. The van der Waals surface area contributed by atoms with E-state index in [2.05, 4.69) is 21.2 Å². The summed E-state index contributed by atoms with van der Waals surface area (Å²) in [5.41, 5.74) is 1.91. The van der Waals surface area contributed by atoms with Crippen molar-refractivity contribution in [2.24, 2.45) is 5.16 Å². The van der Waals surface area contributed by atoms with Gasteiger partial charge >= 0.3 is 0 Å². The Hall–Kier alpha value is -1.75. The minimum Gasteiger partial charge on any atom is -0.411 e. The fourth-order valence-corrected chi connectivity index (χ4v) is 2.10. The van der Waals surface area contributed by atoms with Gasteiger partial charge in [0, 0.05) is 24.2 Å². The third-order valence-electron chi connectivity index (χ3n) is 2.11. The van der Waals surface area contributed by atoms with Crippen molar-refractivity contribution in [1.82, 2.24) is 9.97 Å². The predicted octanol–water partition coefficient (Wildman–Crippen LogP) is 2.13. The van der Waals surface area contributed by atoms with Crippen LogP contribution in [0.5, 0.6) is 0 Å². The molecule has 0 fully saturated rings. The molecule has 0 radical (unpaired) electrons. The van der Waals surface area contributed by atoms with Crippen LogP contribution in [0, 0.1) is 0 Å². The minimum absolute atomic E-state index is 0.702. The van der Waals surface area contributed by atoms with Gasteiger partial charge in [0.25, 0.3) is 0 Å². The molecule has 0 atom stereocenters. The molecule has 0 aliphatic heterocycles. The molecule has 0 aliphatic carbocycles. The molecule has 0 amide bonds. The van der Waals surface area contributed by atoms with E-state index in [0.717, 1.165) is 17.8 Å². The molecule has 0 aliphatic rings. The second-order valence-electron chi connectivity index (χ2n) is 3.27. The highest BCUT2D eigenvalue weighted by molar-refractivity contribution is 7.09. The zero-order valence-electron chi connectivity index (χ0n) is 8.58. The highest BCUT2D eigenvalue weighted by Gasteiger charge is 2.01. The number of nitrogens with zero attached hydrogens (tertiary/aromatic N) is 3.